The highest BCUT2D eigenvalue weighted by Gasteiger charge is 2.10. The minimum absolute atomic E-state index is 0.205. The molecule has 108 valence electrons. The average molecular weight is 308 g/mol. The Hall–Kier alpha value is -2.86. The van der Waals surface area contributed by atoms with Crippen LogP contribution in [0.15, 0.2) is 52.6 Å². The highest BCUT2D eigenvalue weighted by atomic mass is 32.1. The summed E-state index contributed by atoms with van der Waals surface area (Å²) in [7, 11) is 0. The van der Waals surface area contributed by atoms with Gasteiger partial charge in [-0.1, -0.05) is 18.2 Å². The molecular weight excluding hydrogens is 296 g/mol. The highest BCUT2D eigenvalue weighted by Crippen LogP contribution is 2.32. The molecule has 0 aliphatic carbocycles. The average Bonchev–Trinajstić information content (AvgIpc) is 3.12. The fourth-order valence-corrected chi connectivity index (χ4v) is 3.29. The van der Waals surface area contributed by atoms with E-state index in [1.807, 2.05) is 47.8 Å². The summed E-state index contributed by atoms with van der Waals surface area (Å²) in [4.78, 5) is 21.5. The number of thiazole rings is 1. The minimum Gasteiger partial charge on any atom is -0.398 e. The summed E-state index contributed by atoms with van der Waals surface area (Å²) in [6.45, 7) is 0. The molecule has 4 N–H and O–H groups in total. The molecule has 0 saturated heterocycles. The summed E-state index contributed by atoms with van der Waals surface area (Å²) in [5.74, 6) is 0. The lowest BCUT2D eigenvalue weighted by Crippen LogP contribution is -1.99. The number of para-hydroxylation sites is 1. The number of hydrogen-bond donors (Lipinski definition) is 3. The SMILES string of the molecule is Nc1ccccc1-c1nc(-c2ccc3[nH]c(=O)[nH]c3c2)cs1. The standard InChI is InChI=1S/C16H12N4OS/c17-11-4-2-1-3-10(11)15-18-14(8-22-15)9-5-6-12-13(7-9)20-16(21)19-12/h1-8H,17H2,(H2,19,20,21). The van der Waals surface area contributed by atoms with Crippen LogP contribution in [0.4, 0.5) is 5.69 Å². The number of hydrogen-bond acceptors (Lipinski definition) is 4. The van der Waals surface area contributed by atoms with Gasteiger partial charge < -0.3 is 15.7 Å². The first kappa shape index (κ1) is 12.8. The van der Waals surface area contributed by atoms with E-state index >= 15 is 0 Å². The summed E-state index contributed by atoms with van der Waals surface area (Å²) in [6, 6.07) is 13.4. The number of H-pyrrole nitrogens is 2. The highest BCUT2D eigenvalue weighted by molar-refractivity contribution is 7.13. The molecule has 0 spiro atoms. The first-order chi connectivity index (χ1) is 10.7. The van der Waals surface area contributed by atoms with Crippen LogP contribution in [-0.2, 0) is 0 Å². The van der Waals surface area contributed by atoms with Gasteiger partial charge in [-0.15, -0.1) is 11.3 Å². The van der Waals surface area contributed by atoms with E-state index < -0.39 is 0 Å². The minimum atomic E-state index is -0.205. The summed E-state index contributed by atoms with van der Waals surface area (Å²) < 4.78 is 0. The van der Waals surface area contributed by atoms with E-state index in [0.717, 1.165) is 32.9 Å². The Bertz CT molecular complexity index is 1030. The van der Waals surface area contributed by atoms with Crippen LogP contribution in [0.1, 0.15) is 0 Å². The largest absolute Gasteiger partial charge is 0.398 e. The summed E-state index contributed by atoms with van der Waals surface area (Å²) >= 11 is 1.55. The zero-order chi connectivity index (χ0) is 15.1. The number of imidazole rings is 1. The molecule has 4 aromatic rings. The quantitative estimate of drug-likeness (QED) is 0.497. The van der Waals surface area contributed by atoms with Gasteiger partial charge in [-0.25, -0.2) is 9.78 Å². The molecule has 0 amide bonds. The second kappa shape index (κ2) is 4.85. The second-order valence-electron chi connectivity index (χ2n) is 4.96. The van der Waals surface area contributed by atoms with E-state index in [1.165, 1.54) is 0 Å². The van der Waals surface area contributed by atoms with Crippen LogP contribution < -0.4 is 11.4 Å². The van der Waals surface area contributed by atoms with Gasteiger partial charge in [-0.05, 0) is 24.3 Å². The number of nitrogen functional groups attached to an aromatic ring is 1. The van der Waals surface area contributed by atoms with Gasteiger partial charge >= 0.3 is 5.69 Å². The third-order valence-corrected chi connectivity index (χ3v) is 4.38. The monoisotopic (exact) mass is 308 g/mol. The molecule has 0 fully saturated rings. The molecule has 0 aliphatic rings. The number of nitrogens with two attached hydrogens (primary N) is 1. The topological polar surface area (TPSA) is 87.6 Å². The maximum Gasteiger partial charge on any atom is 0.323 e. The smallest absolute Gasteiger partial charge is 0.323 e. The summed E-state index contributed by atoms with van der Waals surface area (Å²) in [5, 5.41) is 2.88. The van der Waals surface area contributed by atoms with Crippen molar-refractivity contribution in [1.82, 2.24) is 15.0 Å². The van der Waals surface area contributed by atoms with Crippen molar-refractivity contribution < 1.29 is 0 Å². The van der Waals surface area contributed by atoms with Gasteiger partial charge in [-0.2, -0.15) is 0 Å². The Kier molecular flexibility index (Phi) is 2.83. The molecule has 0 radical (unpaired) electrons. The molecule has 2 aromatic heterocycles. The lowest BCUT2D eigenvalue weighted by molar-refractivity contribution is 1.21. The third-order valence-electron chi connectivity index (χ3n) is 3.51. The summed E-state index contributed by atoms with van der Waals surface area (Å²) in [5.41, 5.74) is 10.8. The van der Waals surface area contributed by atoms with E-state index in [9.17, 15) is 4.79 Å². The Morgan fingerprint density at radius 2 is 1.86 bits per heavy atom. The lowest BCUT2D eigenvalue weighted by atomic mass is 10.1. The maximum absolute atomic E-state index is 11.3. The molecule has 2 aromatic carbocycles. The van der Waals surface area contributed by atoms with Gasteiger partial charge in [0.15, 0.2) is 0 Å². The number of aromatic amines is 2. The van der Waals surface area contributed by atoms with Crippen LogP contribution in [0.2, 0.25) is 0 Å². The van der Waals surface area contributed by atoms with Gasteiger partial charge in [0.25, 0.3) is 0 Å². The lowest BCUT2D eigenvalue weighted by Gasteiger charge is -2.00. The van der Waals surface area contributed by atoms with Crippen molar-refractivity contribution in [2.45, 2.75) is 0 Å². The van der Waals surface area contributed by atoms with Crippen molar-refractivity contribution in [2.75, 3.05) is 5.73 Å². The van der Waals surface area contributed by atoms with Gasteiger partial charge in [-0.3, -0.25) is 0 Å². The van der Waals surface area contributed by atoms with Crippen molar-refractivity contribution in [1.29, 1.82) is 0 Å². The molecule has 22 heavy (non-hydrogen) atoms. The van der Waals surface area contributed by atoms with Gasteiger partial charge in [0.1, 0.15) is 5.01 Å². The molecule has 5 nitrogen and oxygen atoms in total. The third kappa shape index (κ3) is 2.10. The van der Waals surface area contributed by atoms with Crippen LogP contribution in [0.5, 0.6) is 0 Å². The molecule has 0 saturated carbocycles. The molecule has 2 heterocycles. The maximum atomic E-state index is 11.3. The Labute approximate surface area is 129 Å². The van der Waals surface area contributed by atoms with Crippen molar-refractivity contribution in [3.63, 3.8) is 0 Å². The van der Waals surface area contributed by atoms with Crippen molar-refractivity contribution in [3.05, 3.63) is 58.3 Å². The molecule has 0 unspecified atom stereocenters. The number of fused-ring (bicyclic) bond motifs is 1. The zero-order valence-electron chi connectivity index (χ0n) is 11.5. The van der Waals surface area contributed by atoms with E-state index in [0.29, 0.717) is 5.69 Å². The second-order valence-corrected chi connectivity index (χ2v) is 5.82. The van der Waals surface area contributed by atoms with E-state index in [1.54, 1.807) is 11.3 Å². The number of rotatable bonds is 2. The van der Waals surface area contributed by atoms with E-state index in [4.69, 9.17) is 5.73 Å². The summed E-state index contributed by atoms with van der Waals surface area (Å²) in [6.07, 6.45) is 0. The van der Waals surface area contributed by atoms with Gasteiger partial charge in [0.2, 0.25) is 0 Å². The van der Waals surface area contributed by atoms with Crippen LogP contribution in [0, 0.1) is 0 Å². The Balaban J connectivity index is 1.79. The predicted octanol–water partition coefficient (Wildman–Crippen LogP) is 3.23. The van der Waals surface area contributed by atoms with Crippen LogP contribution >= 0.6 is 11.3 Å². The van der Waals surface area contributed by atoms with E-state index in [-0.39, 0.29) is 5.69 Å². The number of benzene rings is 2. The fraction of sp³-hybridized carbons (Fsp3) is 0. The van der Waals surface area contributed by atoms with Crippen LogP contribution in [-0.4, -0.2) is 15.0 Å². The number of aromatic nitrogens is 3. The molecule has 0 aliphatic heterocycles. The van der Waals surface area contributed by atoms with Gasteiger partial charge in [0.05, 0.1) is 16.7 Å². The first-order valence-corrected chi connectivity index (χ1v) is 7.61. The van der Waals surface area contributed by atoms with Crippen molar-refractivity contribution in [2.24, 2.45) is 0 Å². The molecular formula is C16H12N4OS. The number of anilines is 1. The fourth-order valence-electron chi connectivity index (χ4n) is 2.41. The normalized spacial score (nSPS) is 11.1. The Morgan fingerprint density at radius 1 is 1.05 bits per heavy atom. The van der Waals surface area contributed by atoms with Crippen molar-refractivity contribution >= 4 is 28.1 Å². The first-order valence-electron chi connectivity index (χ1n) is 6.73. The van der Waals surface area contributed by atoms with Crippen molar-refractivity contribution in [3.8, 4) is 21.8 Å². The number of nitrogens with one attached hydrogen (secondary N) is 2. The number of nitrogens with zero attached hydrogens (tertiary/aromatic N) is 1. The molecule has 4 rings (SSSR count). The zero-order valence-corrected chi connectivity index (χ0v) is 12.3. The van der Waals surface area contributed by atoms with Gasteiger partial charge in [0, 0.05) is 22.2 Å². The van der Waals surface area contributed by atoms with Crippen LogP contribution in [0.25, 0.3) is 32.9 Å². The molecule has 0 bridgehead atoms. The van der Waals surface area contributed by atoms with Crippen LogP contribution in [0.3, 0.4) is 0 Å². The molecule has 0 atom stereocenters. The Morgan fingerprint density at radius 3 is 2.73 bits per heavy atom. The molecule has 6 heteroatoms. The van der Waals surface area contributed by atoms with E-state index in [2.05, 4.69) is 15.0 Å². The predicted molar refractivity (Wildman–Crippen MR) is 89.9 cm³/mol.